The third kappa shape index (κ3) is 6.10. The van der Waals surface area contributed by atoms with Crippen molar-refractivity contribution in [3.63, 3.8) is 0 Å². The summed E-state index contributed by atoms with van der Waals surface area (Å²) in [6, 6.07) is 79.0. The van der Waals surface area contributed by atoms with Gasteiger partial charge in [0.05, 0.1) is 11.0 Å². The maximum Gasteiger partial charge on any atom is 0.242 e. The van der Waals surface area contributed by atoms with E-state index >= 15 is 0 Å². The highest BCUT2D eigenvalue weighted by atomic mass is 28.3. The molecule has 1 aromatic heterocycles. The van der Waals surface area contributed by atoms with Crippen molar-refractivity contribution in [3.8, 4) is 50.2 Å². The number of hydrogen-bond acceptors (Lipinski definition) is 0. The summed E-state index contributed by atoms with van der Waals surface area (Å²) in [6.07, 6.45) is 0. The molecule has 10 aromatic carbocycles. The molecule has 3 heterocycles. The van der Waals surface area contributed by atoms with E-state index in [1.807, 2.05) is 0 Å². The molecule has 3 heteroatoms. The molecular formula is C66H52BNSi. The average molecular weight is 898 g/mol. The third-order valence-corrected chi connectivity index (χ3v) is 20.7. The fraction of sp³-hybridized carbons (Fsp3) is 0.0909. The first-order chi connectivity index (χ1) is 33.7. The fourth-order valence-electron chi connectivity index (χ4n) is 13.2. The molecule has 0 aliphatic carbocycles. The van der Waals surface area contributed by atoms with Crippen molar-refractivity contribution in [2.24, 2.45) is 0 Å². The van der Waals surface area contributed by atoms with Gasteiger partial charge in [-0.15, -0.1) is 0 Å². The molecular weight excluding hydrogens is 846 g/mol. The summed E-state index contributed by atoms with van der Waals surface area (Å²) in [5, 5.41) is 8.54. The van der Waals surface area contributed by atoms with Crippen molar-refractivity contribution >= 4 is 73.7 Å². The Labute approximate surface area is 407 Å². The first kappa shape index (κ1) is 41.5. The van der Waals surface area contributed by atoms with Gasteiger partial charge in [0, 0.05) is 16.5 Å². The van der Waals surface area contributed by atoms with Gasteiger partial charge in [0.15, 0.2) is 8.07 Å². The number of fused-ring (bicyclic) bond motifs is 13. The summed E-state index contributed by atoms with van der Waals surface area (Å²) in [5.41, 5.74) is 26.4. The molecule has 0 amide bonds. The molecule has 2 aliphatic rings. The summed E-state index contributed by atoms with van der Waals surface area (Å²) >= 11 is 0. The highest BCUT2D eigenvalue weighted by molar-refractivity contribution is 7.24. The van der Waals surface area contributed by atoms with Crippen molar-refractivity contribution in [1.82, 2.24) is 4.57 Å². The number of para-hydroxylation sites is 2. The molecule has 13 rings (SSSR count). The van der Waals surface area contributed by atoms with E-state index in [1.165, 1.54) is 143 Å². The molecule has 1 atom stereocenters. The van der Waals surface area contributed by atoms with Gasteiger partial charge in [0.25, 0.3) is 0 Å². The summed E-state index contributed by atoms with van der Waals surface area (Å²) in [6.45, 7) is 13.7. The van der Waals surface area contributed by atoms with Gasteiger partial charge in [-0.1, -0.05) is 220 Å². The Balaban J connectivity index is 0.946. The predicted octanol–water partition coefficient (Wildman–Crippen LogP) is 11.8. The Morgan fingerprint density at radius 1 is 0.348 bits per heavy atom. The van der Waals surface area contributed by atoms with E-state index in [0.29, 0.717) is 0 Å². The largest absolute Gasteiger partial charge is 0.309 e. The lowest BCUT2D eigenvalue weighted by molar-refractivity contribution is 1.18. The van der Waals surface area contributed by atoms with E-state index in [0.717, 1.165) is 0 Å². The second-order valence-corrected chi connectivity index (χ2v) is 23.6. The second kappa shape index (κ2) is 15.7. The molecule has 69 heavy (non-hydrogen) atoms. The van der Waals surface area contributed by atoms with Gasteiger partial charge in [-0.25, -0.2) is 0 Å². The van der Waals surface area contributed by atoms with Crippen LogP contribution in [0.15, 0.2) is 206 Å². The van der Waals surface area contributed by atoms with Crippen molar-refractivity contribution in [3.05, 3.63) is 240 Å². The highest BCUT2D eigenvalue weighted by Gasteiger charge is 2.54. The zero-order chi connectivity index (χ0) is 46.7. The minimum atomic E-state index is -2.67. The number of aryl methyl sites for hydroxylation is 6. The normalized spacial score (nSPS) is 14.3. The molecule has 2 aliphatic heterocycles. The van der Waals surface area contributed by atoms with Crippen LogP contribution in [0, 0.1) is 41.5 Å². The van der Waals surface area contributed by atoms with Gasteiger partial charge in [-0.3, -0.25) is 0 Å². The van der Waals surface area contributed by atoms with Gasteiger partial charge in [0.1, 0.15) is 0 Å². The number of benzene rings is 10. The van der Waals surface area contributed by atoms with Crippen LogP contribution in [0.5, 0.6) is 0 Å². The Kier molecular flexibility index (Phi) is 9.42. The van der Waals surface area contributed by atoms with Crippen molar-refractivity contribution in [1.29, 1.82) is 0 Å². The third-order valence-electron chi connectivity index (χ3n) is 15.7. The molecule has 1 spiro atoms. The summed E-state index contributed by atoms with van der Waals surface area (Å²) in [7, 11) is -2.67. The van der Waals surface area contributed by atoms with E-state index in [-0.39, 0.29) is 6.71 Å². The number of aromatic nitrogens is 1. The van der Waals surface area contributed by atoms with E-state index in [2.05, 4.69) is 252 Å². The van der Waals surface area contributed by atoms with Gasteiger partial charge in [-0.05, 0) is 143 Å². The molecule has 0 saturated heterocycles. The van der Waals surface area contributed by atoms with Crippen molar-refractivity contribution in [2.45, 2.75) is 41.5 Å². The topological polar surface area (TPSA) is 4.93 Å². The first-order valence-electron chi connectivity index (χ1n) is 24.5. The minimum Gasteiger partial charge on any atom is -0.309 e. The molecule has 0 radical (unpaired) electrons. The molecule has 1 unspecified atom stereocenters. The van der Waals surface area contributed by atoms with E-state index < -0.39 is 8.07 Å². The summed E-state index contributed by atoms with van der Waals surface area (Å²) < 4.78 is 2.42. The number of rotatable bonds is 6. The number of hydrogen-bond donors (Lipinski definition) is 0. The van der Waals surface area contributed by atoms with Crippen LogP contribution >= 0.6 is 0 Å². The zero-order valence-electron chi connectivity index (χ0n) is 40.2. The zero-order valence-corrected chi connectivity index (χ0v) is 41.2. The van der Waals surface area contributed by atoms with Crippen LogP contribution in [0.4, 0.5) is 0 Å². The lowest BCUT2D eigenvalue weighted by atomic mass is 9.34. The molecule has 0 saturated carbocycles. The Bertz CT molecular complexity index is 3810. The monoisotopic (exact) mass is 897 g/mol. The quantitative estimate of drug-likeness (QED) is 0.147. The van der Waals surface area contributed by atoms with Crippen molar-refractivity contribution in [2.75, 3.05) is 0 Å². The lowest BCUT2D eigenvalue weighted by Gasteiger charge is -2.28. The standard InChI is InChI=1S/C66H52BNSi/c1-41-35-43(3)65(44(4)36-41)67(66-45(5)37-42(2)38-46(66)6)50-31-27-47(28-32-50)48-29-33-62-56(39-48)53-19-11-14-25-60(53)69(62)61-26-15-12-20-54(61)57-40-49(30-34-63(57)69)52-22-16-24-59-64(52)55-21-10-13-23-58(55)68(59)51-17-8-7-9-18-51/h7-40H,1-6H3. The van der Waals surface area contributed by atoms with Gasteiger partial charge in [0.2, 0.25) is 6.71 Å². The smallest absolute Gasteiger partial charge is 0.242 e. The maximum absolute atomic E-state index is 2.67. The predicted molar refractivity (Wildman–Crippen MR) is 299 cm³/mol. The van der Waals surface area contributed by atoms with E-state index in [1.54, 1.807) is 0 Å². The molecule has 11 aromatic rings. The molecule has 1 nitrogen and oxygen atoms in total. The highest BCUT2D eigenvalue weighted by Crippen LogP contribution is 2.42. The van der Waals surface area contributed by atoms with Gasteiger partial charge < -0.3 is 4.57 Å². The Morgan fingerprint density at radius 2 is 0.812 bits per heavy atom. The van der Waals surface area contributed by atoms with Gasteiger partial charge >= 0.3 is 0 Å². The van der Waals surface area contributed by atoms with E-state index in [4.69, 9.17) is 0 Å². The second-order valence-electron chi connectivity index (χ2n) is 19.9. The summed E-state index contributed by atoms with van der Waals surface area (Å²) in [5.74, 6) is 0. The SMILES string of the molecule is Cc1cc(C)c(B(c2ccc(-c3ccc4c(c3)-c3ccccc3[Si]43c4ccccc4-c4cc(-c5cccc6c5c5ccccc5n6-c5ccccc5)ccc43)cc2)c2c(C)cc(C)cc2C)c(C)c1. The first-order valence-corrected chi connectivity index (χ1v) is 26.5. The van der Waals surface area contributed by atoms with Crippen molar-refractivity contribution < 1.29 is 0 Å². The number of nitrogens with zero attached hydrogens (tertiary/aromatic N) is 1. The molecule has 328 valence electrons. The Morgan fingerprint density at radius 3 is 1.42 bits per heavy atom. The van der Waals surface area contributed by atoms with Crippen LogP contribution in [-0.2, 0) is 0 Å². The molecule has 0 fully saturated rings. The molecule has 0 bridgehead atoms. The van der Waals surface area contributed by atoms with Crippen LogP contribution in [0.2, 0.25) is 0 Å². The van der Waals surface area contributed by atoms with Gasteiger partial charge in [-0.2, -0.15) is 0 Å². The van der Waals surface area contributed by atoms with E-state index in [9.17, 15) is 0 Å². The van der Waals surface area contributed by atoms with Crippen LogP contribution < -0.4 is 37.1 Å². The van der Waals surface area contributed by atoms with Crippen LogP contribution in [0.3, 0.4) is 0 Å². The van der Waals surface area contributed by atoms with Crippen LogP contribution in [0.1, 0.15) is 33.4 Å². The minimum absolute atomic E-state index is 0.142. The maximum atomic E-state index is 2.52. The average Bonchev–Trinajstić information content (AvgIpc) is 3.97. The van der Waals surface area contributed by atoms with Crippen LogP contribution in [-0.4, -0.2) is 19.4 Å². The molecule has 0 N–H and O–H groups in total. The fourth-order valence-corrected chi connectivity index (χ4v) is 18.8. The van der Waals surface area contributed by atoms with Crippen LogP contribution in [0.25, 0.3) is 72.0 Å². The Hall–Kier alpha value is -7.72. The lowest BCUT2D eigenvalue weighted by Crippen LogP contribution is -2.70. The summed E-state index contributed by atoms with van der Waals surface area (Å²) in [4.78, 5) is 0.